The number of rotatable bonds is 7. The van der Waals surface area contributed by atoms with Crippen LogP contribution in [0.2, 0.25) is 0 Å². The first-order valence-corrected chi connectivity index (χ1v) is 9.45. The minimum atomic E-state index is 0.138. The van der Waals surface area contributed by atoms with E-state index in [0.717, 1.165) is 41.3 Å². The second kappa shape index (κ2) is 7.61. The largest absolute Gasteiger partial charge is 0.354 e. The molecule has 2 aromatic carbocycles. The number of nitrogens with zero attached hydrogens (tertiary/aromatic N) is 2. The minimum absolute atomic E-state index is 0.138. The lowest BCUT2D eigenvalue weighted by Gasteiger charge is -2.15. The lowest BCUT2D eigenvalue weighted by Crippen LogP contribution is -2.11. The first-order chi connectivity index (χ1) is 12.8. The van der Waals surface area contributed by atoms with Crippen LogP contribution >= 0.6 is 0 Å². The van der Waals surface area contributed by atoms with Gasteiger partial charge in [-0.1, -0.05) is 37.1 Å². The Morgan fingerprint density at radius 2 is 1.15 bits per heavy atom. The van der Waals surface area contributed by atoms with Crippen LogP contribution in [0.1, 0.15) is 25.7 Å². The molecule has 0 bridgehead atoms. The van der Waals surface area contributed by atoms with Crippen molar-refractivity contribution in [2.75, 3.05) is 0 Å². The number of para-hydroxylation sites is 2. The van der Waals surface area contributed by atoms with Gasteiger partial charge in [-0.3, -0.25) is 4.79 Å². The summed E-state index contributed by atoms with van der Waals surface area (Å²) in [5.41, 5.74) is 2.23. The predicted molar refractivity (Wildman–Crippen MR) is 109 cm³/mol. The molecule has 3 heteroatoms. The van der Waals surface area contributed by atoms with Crippen molar-refractivity contribution in [2.24, 2.45) is 0 Å². The SMILES string of the molecule is O=c1c2ccccc2n(CCCCCCn2cccc2)c2ccccc12. The van der Waals surface area contributed by atoms with E-state index in [-0.39, 0.29) is 5.43 Å². The highest BCUT2D eigenvalue weighted by atomic mass is 16.1. The summed E-state index contributed by atoms with van der Waals surface area (Å²) in [6, 6.07) is 20.1. The van der Waals surface area contributed by atoms with Crippen LogP contribution in [0.15, 0.2) is 77.9 Å². The topological polar surface area (TPSA) is 26.9 Å². The van der Waals surface area contributed by atoms with E-state index in [9.17, 15) is 4.79 Å². The van der Waals surface area contributed by atoms with Gasteiger partial charge in [-0.2, -0.15) is 0 Å². The highest BCUT2D eigenvalue weighted by molar-refractivity contribution is 5.93. The Balaban J connectivity index is 1.50. The highest BCUT2D eigenvalue weighted by Crippen LogP contribution is 2.20. The van der Waals surface area contributed by atoms with Crippen molar-refractivity contribution in [1.82, 2.24) is 9.13 Å². The summed E-state index contributed by atoms with van der Waals surface area (Å²) in [7, 11) is 0. The standard InChI is InChI=1S/C23H24N2O/c26-23-19-11-3-5-13-21(19)25(22-14-6-4-12-20(22)23)18-8-2-1-7-15-24-16-9-10-17-24/h3-6,9-14,16-17H,1-2,7-8,15,18H2. The van der Waals surface area contributed by atoms with E-state index < -0.39 is 0 Å². The molecule has 0 fully saturated rings. The van der Waals surface area contributed by atoms with Crippen LogP contribution in [-0.2, 0) is 13.1 Å². The van der Waals surface area contributed by atoms with Gasteiger partial charge in [0.05, 0.1) is 11.0 Å². The van der Waals surface area contributed by atoms with Gasteiger partial charge in [0.25, 0.3) is 0 Å². The molecule has 0 atom stereocenters. The van der Waals surface area contributed by atoms with Gasteiger partial charge in [-0.25, -0.2) is 0 Å². The van der Waals surface area contributed by atoms with Crippen LogP contribution in [0.4, 0.5) is 0 Å². The van der Waals surface area contributed by atoms with Gasteiger partial charge in [-0.15, -0.1) is 0 Å². The maximum Gasteiger partial charge on any atom is 0.197 e. The predicted octanol–water partition coefficient (Wildman–Crippen LogP) is 5.22. The number of aromatic nitrogens is 2. The van der Waals surface area contributed by atoms with Crippen LogP contribution < -0.4 is 5.43 Å². The lowest BCUT2D eigenvalue weighted by molar-refractivity contribution is 0.549. The Hall–Kier alpha value is -2.81. The molecular weight excluding hydrogens is 320 g/mol. The van der Waals surface area contributed by atoms with Gasteiger partial charge < -0.3 is 9.13 Å². The Morgan fingerprint density at radius 3 is 1.77 bits per heavy atom. The summed E-state index contributed by atoms with van der Waals surface area (Å²) in [4.78, 5) is 12.8. The summed E-state index contributed by atoms with van der Waals surface area (Å²) in [6.45, 7) is 2.04. The molecule has 2 aromatic heterocycles. The third-order valence-electron chi connectivity index (χ3n) is 5.09. The van der Waals surface area contributed by atoms with Gasteiger partial charge in [-0.05, 0) is 49.2 Å². The van der Waals surface area contributed by atoms with Gasteiger partial charge in [0.1, 0.15) is 0 Å². The van der Waals surface area contributed by atoms with Gasteiger partial charge in [0, 0.05) is 36.3 Å². The fourth-order valence-corrected chi connectivity index (χ4v) is 3.75. The average molecular weight is 344 g/mol. The van der Waals surface area contributed by atoms with Crippen molar-refractivity contribution in [3.05, 3.63) is 83.3 Å². The van der Waals surface area contributed by atoms with Crippen molar-refractivity contribution in [2.45, 2.75) is 38.8 Å². The normalized spacial score (nSPS) is 11.4. The molecule has 0 unspecified atom stereocenters. The maximum absolute atomic E-state index is 12.8. The van der Waals surface area contributed by atoms with Crippen LogP contribution in [0.3, 0.4) is 0 Å². The zero-order chi connectivity index (χ0) is 17.8. The summed E-state index contributed by atoms with van der Waals surface area (Å²) >= 11 is 0. The number of benzene rings is 2. The molecular formula is C23H24N2O. The quantitative estimate of drug-likeness (QED) is 0.334. The monoisotopic (exact) mass is 344 g/mol. The second-order valence-corrected chi connectivity index (χ2v) is 6.85. The molecule has 0 saturated carbocycles. The van der Waals surface area contributed by atoms with Crippen LogP contribution in [0.5, 0.6) is 0 Å². The van der Waals surface area contributed by atoms with Gasteiger partial charge >= 0.3 is 0 Å². The molecule has 26 heavy (non-hydrogen) atoms. The molecule has 0 saturated heterocycles. The molecule has 0 aliphatic carbocycles. The smallest absolute Gasteiger partial charge is 0.197 e. The third-order valence-corrected chi connectivity index (χ3v) is 5.09. The fourth-order valence-electron chi connectivity index (χ4n) is 3.75. The Bertz CT molecular complexity index is 1000. The van der Waals surface area contributed by atoms with Crippen molar-refractivity contribution in [1.29, 1.82) is 0 Å². The van der Waals surface area contributed by atoms with Crippen molar-refractivity contribution >= 4 is 21.8 Å². The number of hydrogen-bond donors (Lipinski definition) is 0. The van der Waals surface area contributed by atoms with E-state index in [1.54, 1.807) is 0 Å². The number of unbranched alkanes of at least 4 members (excludes halogenated alkanes) is 3. The van der Waals surface area contributed by atoms with Gasteiger partial charge in [0.2, 0.25) is 0 Å². The fraction of sp³-hybridized carbons (Fsp3) is 0.261. The Kier molecular flexibility index (Phi) is 4.87. The summed E-state index contributed by atoms with van der Waals surface area (Å²) in [6.07, 6.45) is 9.02. The van der Waals surface area contributed by atoms with E-state index in [1.165, 1.54) is 19.3 Å². The third kappa shape index (κ3) is 3.30. The zero-order valence-electron chi connectivity index (χ0n) is 15.0. The average Bonchev–Trinajstić information content (AvgIpc) is 3.20. The molecule has 0 radical (unpaired) electrons. The van der Waals surface area contributed by atoms with Crippen LogP contribution in [-0.4, -0.2) is 9.13 Å². The minimum Gasteiger partial charge on any atom is -0.354 e. The molecule has 3 nitrogen and oxygen atoms in total. The van der Waals surface area contributed by atoms with Crippen LogP contribution in [0, 0.1) is 0 Å². The first kappa shape index (κ1) is 16.6. The number of fused-ring (bicyclic) bond motifs is 2. The molecule has 4 aromatic rings. The molecule has 4 rings (SSSR count). The summed E-state index contributed by atoms with van der Waals surface area (Å²) < 4.78 is 4.56. The molecule has 0 aliphatic rings. The van der Waals surface area contributed by atoms with Crippen LogP contribution in [0.25, 0.3) is 21.8 Å². The van der Waals surface area contributed by atoms with Gasteiger partial charge in [0.15, 0.2) is 5.43 Å². The second-order valence-electron chi connectivity index (χ2n) is 6.85. The first-order valence-electron chi connectivity index (χ1n) is 9.45. The highest BCUT2D eigenvalue weighted by Gasteiger charge is 2.09. The summed E-state index contributed by atoms with van der Waals surface area (Å²) in [5.74, 6) is 0. The molecule has 0 spiro atoms. The van der Waals surface area contributed by atoms with Crippen molar-refractivity contribution in [3.63, 3.8) is 0 Å². The number of aryl methyl sites for hydroxylation is 2. The molecule has 0 amide bonds. The Labute approximate surface area is 153 Å². The lowest BCUT2D eigenvalue weighted by atomic mass is 10.1. The van der Waals surface area contributed by atoms with E-state index in [2.05, 4.69) is 45.8 Å². The summed E-state index contributed by atoms with van der Waals surface area (Å²) in [5, 5.41) is 1.64. The Morgan fingerprint density at radius 1 is 0.615 bits per heavy atom. The van der Waals surface area contributed by atoms with E-state index in [0.29, 0.717) is 0 Å². The van der Waals surface area contributed by atoms with Crippen molar-refractivity contribution < 1.29 is 0 Å². The zero-order valence-corrected chi connectivity index (χ0v) is 15.0. The van der Waals surface area contributed by atoms with E-state index >= 15 is 0 Å². The molecule has 0 N–H and O–H groups in total. The molecule has 2 heterocycles. The van der Waals surface area contributed by atoms with Crippen molar-refractivity contribution in [3.8, 4) is 0 Å². The molecule has 132 valence electrons. The molecule has 0 aliphatic heterocycles. The maximum atomic E-state index is 12.8. The van der Waals surface area contributed by atoms with E-state index in [4.69, 9.17) is 0 Å². The number of hydrogen-bond acceptors (Lipinski definition) is 1. The van der Waals surface area contributed by atoms with E-state index in [1.807, 2.05) is 36.4 Å². The number of pyridine rings is 1.